The maximum atomic E-state index is 11.7. The minimum Gasteiger partial charge on any atom is -0.392 e. The van der Waals surface area contributed by atoms with Crippen molar-refractivity contribution in [3.63, 3.8) is 0 Å². The molecule has 1 saturated carbocycles. The first-order chi connectivity index (χ1) is 7.15. The molecule has 1 saturated heterocycles. The molecule has 1 amide bonds. The molecular formula is C11H21ClN2O2. The molecule has 0 radical (unpaired) electrons. The number of hydrogen-bond acceptors (Lipinski definition) is 3. The normalized spacial score (nSPS) is 30.6. The third kappa shape index (κ3) is 3.09. The van der Waals surface area contributed by atoms with Crippen molar-refractivity contribution in [2.45, 2.75) is 44.8 Å². The Morgan fingerprint density at radius 2 is 2.25 bits per heavy atom. The topological polar surface area (TPSA) is 61.4 Å². The molecular weight excluding hydrogens is 228 g/mol. The quantitative estimate of drug-likeness (QED) is 0.677. The van der Waals surface area contributed by atoms with Crippen LogP contribution in [0.1, 0.15) is 32.6 Å². The Hall–Kier alpha value is -0.320. The van der Waals surface area contributed by atoms with Crippen LogP contribution in [0.4, 0.5) is 0 Å². The van der Waals surface area contributed by atoms with Gasteiger partial charge in [0.25, 0.3) is 0 Å². The number of aliphatic hydroxyl groups excluding tert-OH is 1. The zero-order chi connectivity index (χ0) is 10.9. The van der Waals surface area contributed by atoms with Crippen LogP contribution in [0.5, 0.6) is 0 Å². The minimum atomic E-state index is -0.359. The minimum absolute atomic E-state index is 0. The molecule has 0 aromatic heterocycles. The number of amides is 1. The van der Waals surface area contributed by atoms with Crippen molar-refractivity contribution in [1.82, 2.24) is 10.6 Å². The molecule has 94 valence electrons. The van der Waals surface area contributed by atoms with Crippen LogP contribution in [0.3, 0.4) is 0 Å². The Morgan fingerprint density at radius 3 is 2.69 bits per heavy atom. The van der Waals surface area contributed by atoms with Crippen molar-refractivity contribution in [3.8, 4) is 0 Å². The van der Waals surface area contributed by atoms with Gasteiger partial charge in [-0.2, -0.15) is 0 Å². The predicted octanol–water partition coefficient (Wildman–Crippen LogP) is 0.437. The summed E-state index contributed by atoms with van der Waals surface area (Å²) in [6.07, 6.45) is 3.82. The van der Waals surface area contributed by atoms with Gasteiger partial charge in [-0.05, 0) is 31.1 Å². The average molecular weight is 249 g/mol. The predicted molar refractivity (Wildman–Crippen MR) is 64.6 cm³/mol. The molecule has 2 unspecified atom stereocenters. The molecule has 1 aliphatic heterocycles. The van der Waals surface area contributed by atoms with E-state index in [0.717, 1.165) is 13.0 Å². The van der Waals surface area contributed by atoms with E-state index in [0.29, 0.717) is 18.4 Å². The smallest absolute Gasteiger partial charge is 0.237 e. The van der Waals surface area contributed by atoms with Gasteiger partial charge < -0.3 is 15.7 Å². The number of aliphatic hydroxyl groups is 1. The fourth-order valence-electron chi connectivity index (χ4n) is 2.15. The Kier molecular flexibility index (Phi) is 4.59. The first kappa shape index (κ1) is 13.7. The van der Waals surface area contributed by atoms with Gasteiger partial charge in [0, 0.05) is 13.1 Å². The second kappa shape index (κ2) is 5.34. The van der Waals surface area contributed by atoms with E-state index in [1.165, 1.54) is 12.8 Å². The van der Waals surface area contributed by atoms with E-state index < -0.39 is 0 Å². The highest BCUT2D eigenvalue weighted by atomic mass is 35.5. The Balaban J connectivity index is 0.00000128. The Bertz CT molecular complexity index is 256. The van der Waals surface area contributed by atoms with Crippen LogP contribution >= 0.6 is 12.4 Å². The lowest BCUT2D eigenvalue weighted by Crippen LogP contribution is -2.42. The van der Waals surface area contributed by atoms with Gasteiger partial charge in [-0.15, -0.1) is 12.4 Å². The van der Waals surface area contributed by atoms with Gasteiger partial charge in [0.15, 0.2) is 0 Å². The molecule has 0 aromatic carbocycles. The van der Waals surface area contributed by atoms with E-state index in [4.69, 9.17) is 0 Å². The molecule has 2 atom stereocenters. The molecule has 0 bridgehead atoms. The molecule has 2 fully saturated rings. The molecule has 4 nitrogen and oxygen atoms in total. The third-order valence-corrected chi connectivity index (χ3v) is 3.77. The standard InChI is InChI=1S/C11H20N2O2.ClH/c1-2-11(3-4-11)7-13-10(15)9-5-8(14)6-12-9;/h8-9,12,14H,2-7H2,1H3,(H,13,15);1H. The molecule has 1 heterocycles. The van der Waals surface area contributed by atoms with Crippen molar-refractivity contribution >= 4 is 18.3 Å². The summed E-state index contributed by atoms with van der Waals surface area (Å²) in [6.45, 7) is 3.52. The lowest BCUT2D eigenvalue weighted by molar-refractivity contribution is -0.123. The number of nitrogens with one attached hydrogen (secondary N) is 2. The maximum Gasteiger partial charge on any atom is 0.237 e. The molecule has 3 N–H and O–H groups in total. The maximum absolute atomic E-state index is 11.7. The summed E-state index contributed by atoms with van der Waals surface area (Å²) >= 11 is 0. The van der Waals surface area contributed by atoms with Crippen LogP contribution in [0, 0.1) is 5.41 Å². The van der Waals surface area contributed by atoms with Crippen molar-refractivity contribution in [3.05, 3.63) is 0 Å². The molecule has 0 aromatic rings. The van der Waals surface area contributed by atoms with Gasteiger partial charge in [-0.3, -0.25) is 4.79 Å². The number of carbonyl (C=O) groups excluding carboxylic acids is 1. The van der Waals surface area contributed by atoms with Crippen LogP contribution in [-0.2, 0) is 4.79 Å². The van der Waals surface area contributed by atoms with Gasteiger partial charge in [0.1, 0.15) is 0 Å². The van der Waals surface area contributed by atoms with Crippen molar-refractivity contribution in [2.75, 3.05) is 13.1 Å². The van der Waals surface area contributed by atoms with Gasteiger partial charge >= 0.3 is 0 Å². The highest BCUT2D eigenvalue weighted by molar-refractivity contribution is 5.85. The van der Waals surface area contributed by atoms with E-state index in [1.807, 2.05) is 0 Å². The van der Waals surface area contributed by atoms with Crippen LogP contribution < -0.4 is 10.6 Å². The largest absolute Gasteiger partial charge is 0.392 e. The SMILES string of the molecule is CCC1(CNC(=O)C2CC(O)CN2)CC1.Cl. The third-order valence-electron chi connectivity index (χ3n) is 3.77. The van der Waals surface area contributed by atoms with Crippen LogP contribution in [-0.4, -0.2) is 36.2 Å². The lowest BCUT2D eigenvalue weighted by atomic mass is 10.0. The Morgan fingerprint density at radius 1 is 1.56 bits per heavy atom. The summed E-state index contributed by atoms with van der Waals surface area (Å²) in [5.74, 6) is 0.0475. The van der Waals surface area contributed by atoms with E-state index >= 15 is 0 Å². The zero-order valence-electron chi connectivity index (χ0n) is 9.66. The van der Waals surface area contributed by atoms with E-state index in [1.54, 1.807) is 0 Å². The second-order valence-electron chi connectivity index (χ2n) is 4.92. The van der Waals surface area contributed by atoms with E-state index in [-0.39, 0.29) is 30.5 Å². The first-order valence-corrected chi connectivity index (χ1v) is 5.84. The summed E-state index contributed by atoms with van der Waals surface area (Å²) in [6, 6.07) is -0.187. The number of β-amino-alcohol motifs (C(OH)–C–C–N with tert-alkyl or cyclic N) is 1. The zero-order valence-corrected chi connectivity index (χ0v) is 10.5. The Labute approximate surface area is 103 Å². The van der Waals surface area contributed by atoms with Gasteiger partial charge in [0.05, 0.1) is 12.1 Å². The van der Waals surface area contributed by atoms with Crippen molar-refractivity contribution in [2.24, 2.45) is 5.41 Å². The molecule has 2 aliphatic rings. The number of rotatable bonds is 4. The van der Waals surface area contributed by atoms with Crippen LogP contribution in [0.15, 0.2) is 0 Å². The summed E-state index contributed by atoms with van der Waals surface area (Å²) in [7, 11) is 0. The van der Waals surface area contributed by atoms with Gasteiger partial charge in [-0.25, -0.2) is 0 Å². The van der Waals surface area contributed by atoms with Gasteiger partial charge in [0.2, 0.25) is 5.91 Å². The highest BCUT2D eigenvalue weighted by Crippen LogP contribution is 2.47. The lowest BCUT2D eigenvalue weighted by Gasteiger charge is -2.16. The second-order valence-corrected chi connectivity index (χ2v) is 4.92. The van der Waals surface area contributed by atoms with Crippen molar-refractivity contribution < 1.29 is 9.90 Å². The van der Waals surface area contributed by atoms with Crippen LogP contribution in [0.25, 0.3) is 0 Å². The van der Waals surface area contributed by atoms with E-state index in [2.05, 4.69) is 17.6 Å². The molecule has 0 spiro atoms. The average Bonchev–Trinajstić information content (AvgIpc) is 2.90. The molecule has 2 rings (SSSR count). The summed E-state index contributed by atoms with van der Waals surface area (Å²) in [4.78, 5) is 11.7. The van der Waals surface area contributed by atoms with Gasteiger partial charge in [-0.1, -0.05) is 6.92 Å². The molecule has 16 heavy (non-hydrogen) atoms. The van der Waals surface area contributed by atoms with Crippen LogP contribution in [0.2, 0.25) is 0 Å². The fraction of sp³-hybridized carbons (Fsp3) is 0.909. The summed E-state index contributed by atoms with van der Waals surface area (Å²) < 4.78 is 0. The molecule has 1 aliphatic carbocycles. The number of carbonyl (C=O) groups is 1. The number of halogens is 1. The number of hydrogen-bond donors (Lipinski definition) is 3. The highest BCUT2D eigenvalue weighted by Gasteiger charge is 2.41. The van der Waals surface area contributed by atoms with Crippen molar-refractivity contribution in [1.29, 1.82) is 0 Å². The fourth-order valence-corrected chi connectivity index (χ4v) is 2.15. The molecule has 5 heteroatoms. The van der Waals surface area contributed by atoms with E-state index in [9.17, 15) is 9.90 Å². The summed E-state index contributed by atoms with van der Waals surface area (Å²) in [5.41, 5.74) is 0.396. The summed E-state index contributed by atoms with van der Waals surface area (Å²) in [5, 5.41) is 15.3. The monoisotopic (exact) mass is 248 g/mol. The first-order valence-electron chi connectivity index (χ1n) is 5.84.